The Labute approximate surface area is 161 Å². The number of aromatic nitrogens is 5. The normalized spacial score (nSPS) is 14.9. The lowest BCUT2D eigenvalue weighted by molar-refractivity contribution is 0.0995. The predicted molar refractivity (Wildman–Crippen MR) is 103 cm³/mol. The third-order valence-electron chi connectivity index (χ3n) is 5.00. The molecular weight excluding hydrogens is 358 g/mol. The van der Waals surface area contributed by atoms with Gasteiger partial charge in [0.2, 0.25) is 0 Å². The first-order valence-corrected chi connectivity index (χ1v) is 9.19. The summed E-state index contributed by atoms with van der Waals surface area (Å²) in [5.41, 5.74) is 6.42. The number of carbonyl (C=O) groups is 1. The molecule has 0 radical (unpaired) electrons. The van der Waals surface area contributed by atoms with Crippen LogP contribution in [0.5, 0.6) is 0 Å². The first kappa shape index (κ1) is 17.9. The molecule has 0 unspecified atom stereocenters. The number of anilines is 1. The second-order valence-electron chi connectivity index (χ2n) is 6.86. The van der Waals surface area contributed by atoms with E-state index in [1.54, 1.807) is 35.4 Å². The van der Waals surface area contributed by atoms with Crippen LogP contribution in [0.3, 0.4) is 0 Å². The predicted octanol–water partition coefficient (Wildman–Crippen LogP) is 0.839. The lowest BCUT2D eigenvalue weighted by atomic mass is 9.96. The lowest BCUT2D eigenvalue weighted by Crippen LogP contribution is -2.37. The maximum atomic E-state index is 12.2. The van der Waals surface area contributed by atoms with E-state index in [2.05, 4.69) is 20.1 Å². The lowest BCUT2D eigenvalue weighted by Gasteiger charge is -2.33. The second kappa shape index (κ2) is 7.63. The molecule has 1 saturated heterocycles. The summed E-state index contributed by atoms with van der Waals surface area (Å²) in [4.78, 5) is 29.7. The number of pyridine rings is 1. The van der Waals surface area contributed by atoms with E-state index in [0.29, 0.717) is 18.3 Å². The zero-order chi connectivity index (χ0) is 19.5. The Bertz CT molecular complexity index is 1020. The summed E-state index contributed by atoms with van der Waals surface area (Å²) in [5.74, 6) is 0.448. The van der Waals surface area contributed by atoms with Crippen LogP contribution in [0.25, 0.3) is 5.82 Å². The van der Waals surface area contributed by atoms with Crippen LogP contribution in [-0.4, -0.2) is 43.5 Å². The molecule has 0 saturated carbocycles. The van der Waals surface area contributed by atoms with E-state index in [4.69, 9.17) is 5.73 Å². The van der Waals surface area contributed by atoms with Crippen molar-refractivity contribution in [3.63, 3.8) is 0 Å². The van der Waals surface area contributed by atoms with Crippen LogP contribution in [-0.2, 0) is 6.54 Å². The minimum atomic E-state index is -0.528. The van der Waals surface area contributed by atoms with Crippen molar-refractivity contribution in [1.82, 2.24) is 24.5 Å². The molecule has 1 amide bonds. The molecule has 28 heavy (non-hydrogen) atoms. The highest BCUT2D eigenvalue weighted by Gasteiger charge is 2.21. The summed E-state index contributed by atoms with van der Waals surface area (Å²) in [7, 11) is 0. The van der Waals surface area contributed by atoms with E-state index >= 15 is 0 Å². The van der Waals surface area contributed by atoms with Gasteiger partial charge in [-0.3, -0.25) is 14.6 Å². The van der Waals surface area contributed by atoms with Crippen LogP contribution in [0.15, 0.2) is 53.7 Å². The Kier molecular flexibility index (Phi) is 4.88. The van der Waals surface area contributed by atoms with Gasteiger partial charge in [0.15, 0.2) is 5.82 Å². The Morgan fingerprint density at radius 3 is 2.71 bits per heavy atom. The Balaban J connectivity index is 1.42. The molecule has 9 nitrogen and oxygen atoms in total. The average molecular weight is 379 g/mol. The number of piperidine rings is 1. The summed E-state index contributed by atoms with van der Waals surface area (Å²) in [5, 5.41) is 8.61. The first-order valence-electron chi connectivity index (χ1n) is 9.19. The molecule has 2 N–H and O–H groups in total. The van der Waals surface area contributed by atoms with Crippen molar-refractivity contribution >= 4 is 11.6 Å². The molecule has 1 aliphatic rings. The summed E-state index contributed by atoms with van der Waals surface area (Å²) < 4.78 is 3.16. The van der Waals surface area contributed by atoms with Gasteiger partial charge in [0.25, 0.3) is 11.5 Å². The van der Waals surface area contributed by atoms with Gasteiger partial charge in [0.05, 0.1) is 0 Å². The summed E-state index contributed by atoms with van der Waals surface area (Å²) in [6.45, 7) is 2.24. The Morgan fingerprint density at radius 2 is 2.00 bits per heavy atom. The maximum absolute atomic E-state index is 12.2. The van der Waals surface area contributed by atoms with Crippen LogP contribution in [0.2, 0.25) is 0 Å². The van der Waals surface area contributed by atoms with Gasteiger partial charge in [-0.25, -0.2) is 9.36 Å². The minimum absolute atomic E-state index is 0.112. The highest BCUT2D eigenvalue weighted by Crippen LogP contribution is 2.24. The van der Waals surface area contributed by atoms with Gasteiger partial charge >= 0.3 is 0 Å². The molecule has 4 rings (SSSR count). The quantitative estimate of drug-likeness (QED) is 0.703. The van der Waals surface area contributed by atoms with E-state index in [1.807, 2.05) is 12.1 Å². The number of carbonyl (C=O) groups excluding carboxylic acids is 1. The summed E-state index contributed by atoms with van der Waals surface area (Å²) >= 11 is 0. The van der Waals surface area contributed by atoms with Crippen LogP contribution in [0.4, 0.5) is 5.69 Å². The third-order valence-corrected chi connectivity index (χ3v) is 5.00. The molecule has 9 heteroatoms. The van der Waals surface area contributed by atoms with Crippen molar-refractivity contribution < 1.29 is 4.79 Å². The van der Waals surface area contributed by atoms with E-state index in [0.717, 1.165) is 31.6 Å². The fraction of sp³-hybridized carbons (Fsp3) is 0.316. The summed E-state index contributed by atoms with van der Waals surface area (Å²) in [6.07, 6.45) is 6.93. The number of hydrogen-bond acceptors (Lipinski definition) is 6. The standard InChI is InChI=1S/C19H21N7O2/c20-19(28)16-12-15(4-8-21-16)24-10-5-14(6-11-24)13-26-18(27)3-2-17(23-26)25-9-1-7-22-25/h1-4,7-9,12,14H,5-6,10-11,13H2,(H2,20,28). The molecule has 0 aliphatic carbocycles. The summed E-state index contributed by atoms with van der Waals surface area (Å²) in [6, 6.07) is 8.62. The highest BCUT2D eigenvalue weighted by molar-refractivity contribution is 5.91. The average Bonchev–Trinajstić information content (AvgIpc) is 3.25. The molecule has 0 bridgehead atoms. The van der Waals surface area contributed by atoms with Gasteiger partial charge in [-0.05, 0) is 43.0 Å². The maximum Gasteiger partial charge on any atom is 0.267 e. The highest BCUT2D eigenvalue weighted by atomic mass is 16.1. The zero-order valence-corrected chi connectivity index (χ0v) is 15.3. The SMILES string of the molecule is NC(=O)c1cc(N2CCC(Cn3nc(-n4cccn4)ccc3=O)CC2)ccn1. The van der Waals surface area contributed by atoms with Crippen LogP contribution >= 0.6 is 0 Å². The van der Waals surface area contributed by atoms with Crippen LogP contribution < -0.4 is 16.2 Å². The number of amides is 1. The second-order valence-corrected chi connectivity index (χ2v) is 6.86. The Hall–Kier alpha value is -3.49. The van der Waals surface area contributed by atoms with Gasteiger partial charge < -0.3 is 10.6 Å². The van der Waals surface area contributed by atoms with Crippen molar-refractivity contribution in [2.45, 2.75) is 19.4 Å². The Morgan fingerprint density at radius 1 is 1.18 bits per heavy atom. The van der Waals surface area contributed by atoms with E-state index in [9.17, 15) is 9.59 Å². The van der Waals surface area contributed by atoms with Gasteiger partial charge in [0.1, 0.15) is 5.69 Å². The molecule has 1 fully saturated rings. The molecule has 1 aliphatic heterocycles. The number of nitrogens with zero attached hydrogens (tertiary/aromatic N) is 6. The smallest absolute Gasteiger partial charge is 0.267 e. The number of rotatable bonds is 5. The molecule has 0 spiro atoms. The molecule has 0 atom stereocenters. The first-order chi connectivity index (χ1) is 13.6. The molecule has 144 valence electrons. The molecule has 4 heterocycles. The van der Waals surface area contributed by atoms with Gasteiger partial charge in [0, 0.05) is 50.0 Å². The molecule has 0 aromatic carbocycles. The van der Waals surface area contributed by atoms with E-state index in [-0.39, 0.29) is 11.3 Å². The monoisotopic (exact) mass is 379 g/mol. The van der Waals surface area contributed by atoms with Crippen molar-refractivity contribution in [2.24, 2.45) is 11.7 Å². The van der Waals surface area contributed by atoms with Gasteiger partial charge in [-0.1, -0.05) is 0 Å². The van der Waals surface area contributed by atoms with E-state index < -0.39 is 5.91 Å². The molecule has 3 aromatic heterocycles. The fourth-order valence-electron chi connectivity index (χ4n) is 3.46. The van der Waals surface area contributed by atoms with Crippen molar-refractivity contribution in [3.05, 3.63) is 65.0 Å². The minimum Gasteiger partial charge on any atom is -0.371 e. The van der Waals surface area contributed by atoms with Gasteiger partial charge in [-0.15, -0.1) is 5.10 Å². The fourth-order valence-corrected chi connectivity index (χ4v) is 3.46. The van der Waals surface area contributed by atoms with Crippen LogP contribution in [0.1, 0.15) is 23.3 Å². The van der Waals surface area contributed by atoms with Crippen LogP contribution in [0, 0.1) is 5.92 Å². The third kappa shape index (κ3) is 3.78. The number of nitrogens with two attached hydrogens (primary N) is 1. The van der Waals surface area contributed by atoms with Gasteiger partial charge in [-0.2, -0.15) is 5.10 Å². The van der Waals surface area contributed by atoms with Crippen molar-refractivity contribution in [3.8, 4) is 5.82 Å². The van der Waals surface area contributed by atoms with Crippen molar-refractivity contribution in [2.75, 3.05) is 18.0 Å². The van der Waals surface area contributed by atoms with Crippen molar-refractivity contribution in [1.29, 1.82) is 0 Å². The topological polar surface area (TPSA) is 112 Å². The molecule has 3 aromatic rings. The zero-order valence-electron chi connectivity index (χ0n) is 15.3. The molecular formula is C19H21N7O2. The number of primary amides is 1. The van der Waals surface area contributed by atoms with E-state index in [1.165, 1.54) is 10.7 Å². The number of hydrogen-bond donors (Lipinski definition) is 1. The largest absolute Gasteiger partial charge is 0.371 e.